The molecule has 0 aromatic rings. The SMILES string of the molecule is CC1CCC(CNC(=O)CCOC2CCNCC2)CC1. The third-order valence-electron chi connectivity index (χ3n) is 4.69. The molecule has 0 radical (unpaired) electrons. The molecule has 1 saturated carbocycles. The molecule has 4 heteroatoms. The summed E-state index contributed by atoms with van der Waals surface area (Å²) in [6.45, 7) is 5.83. The van der Waals surface area contributed by atoms with Gasteiger partial charge in [-0.15, -0.1) is 0 Å². The Morgan fingerprint density at radius 3 is 2.55 bits per heavy atom. The molecule has 0 unspecified atom stereocenters. The van der Waals surface area contributed by atoms with Gasteiger partial charge < -0.3 is 15.4 Å². The second kappa shape index (κ2) is 8.63. The van der Waals surface area contributed by atoms with Crippen molar-refractivity contribution < 1.29 is 9.53 Å². The smallest absolute Gasteiger partial charge is 0.222 e. The van der Waals surface area contributed by atoms with Crippen LogP contribution in [0.25, 0.3) is 0 Å². The predicted octanol–water partition coefficient (Wildman–Crippen LogP) is 2.09. The molecule has 2 rings (SSSR count). The number of hydrogen-bond acceptors (Lipinski definition) is 3. The molecular formula is C16H30N2O2. The Morgan fingerprint density at radius 2 is 1.85 bits per heavy atom. The standard InChI is InChI=1S/C16H30N2O2/c1-13-2-4-14(5-3-13)12-18-16(19)8-11-20-15-6-9-17-10-7-15/h13-15,17H,2-12H2,1H3,(H,18,19). The summed E-state index contributed by atoms with van der Waals surface area (Å²) in [7, 11) is 0. The highest BCUT2D eigenvalue weighted by Crippen LogP contribution is 2.27. The molecule has 0 bridgehead atoms. The van der Waals surface area contributed by atoms with Crippen LogP contribution in [0.3, 0.4) is 0 Å². The van der Waals surface area contributed by atoms with E-state index in [9.17, 15) is 4.79 Å². The van der Waals surface area contributed by atoms with Crippen molar-refractivity contribution in [2.45, 2.75) is 58.0 Å². The summed E-state index contributed by atoms with van der Waals surface area (Å²) in [4.78, 5) is 11.8. The summed E-state index contributed by atoms with van der Waals surface area (Å²) in [5.74, 6) is 1.72. The van der Waals surface area contributed by atoms with Crippen molar-refractivity contribution in [1.29, 1.82) is 0 Å². The third kappa shape index (κ3) is 5.80. The van der Waals surface area contributed by atoms with E-state index in [0.717, 1.165) is 38.4 Å². The Morgan fingerprint density at radius 1 is 1.15 bits per heavy atom. The summed E-state index contributed by atoms with van der Waals surface area (Å²) in [5, 5.41) is 6.39. The summed E-state index contributed by atoms with van der Waals surface area (Å²) in [6.07, 6.45) is 8.18. The number of piperidine rings is 1. The van der Waals surface area contributed by atoms with E-state index in [-0.39, 0.29) is 5.91 Å². The van der Waals surface area contributed by atoms with Crippen LogP contribution in [-0.4, -0.2) is 38.3 Å². The van der Waals surface area contributed by atoms with Crippen LogP contribution >= 0.6 is 0 Å². The topological polar surface area (TPSA) is 50.4 Å². The maximum Gasteiger partial charge on any atom is 0.222 e. The normalized spacial score (nSPS) is 28.2. The second-order valence-electron chi connectivity index (χ2n) is 6.50. The van der Waals surface area contributed by atoms with Gasteiger partial charge in [-0.3, -0.25) is 4.79 Å². The number of nitrogens with one attached hydrogen (secondary N) is 2. The zero-order chi connectivity index (χ0) is 14.2. The summed E-state index contributed by atoms with van der Waals surface area (Å²) in [5.41, 5.74) is 0. The number of carbonyl (C=O) groups excluding carboxylic acids is 1. The molecule has 20 heavy (non-hydrogen) atoms. The van der Waals surface area contributed by atoms with E-state index in [1.807, 2.05) is 0 Å². The molecule has 116 valence electrons. The van der Waals surface area contributed by atoms with Gasteiger partial charge in [-0.25, -0.2) is 0 Å². The van der Waals surface area contributed by atoms with Gasteiger partial charge in [0, 0.05) is 13.0 Å². The van der Waals surface area contributed by atoms with Gasteiger partial charge in [0.05, 0.1) is 12.7 Å². The summed E-state index contributed by atoms with van der Waals surface area (Å²) < 4.78 is 5.76. The third-order valence-corrected chi connectivity index (χ3v) is 4.69. The lowest BCUT2D eigenvalue weighted by Gasteiger charge is -2.26. The van der Waals surface area contributed by atoms with E-state index in [1.54, 1.807) is 0 Å². The number of amides is 1. The Hall–Kier alpha value is -0.610. The molecular weight excluding hydrogens is 252 g/mol. The number of rotatable bonds is 6. The quantitative estimate of drug-likeness (QED) is 0.784. The van der Waals surface area contributed by atoms with Crippen molar-refractivity contribution in [3.05, 3.63) is 0 Å². The monoisotopic (exact) mass is 282 g/mol. The van der Waals surface area contributed by atoms with Crippen LogP contribution in [0.5, 0.6) is 0 Å². The van der Waals surface area contributed by atoms with Crippen molar-refractivity contribution in [2.75, 3.05) is 26.2 Å². The highest BCUT2D eigenvalue weighted by Gasteiger charge is 2.18. The molecule has 1 amide bonds. The molecule has 1 aliphatic carbocycles. The molecule has 0 spiro atoms. The largest absolute Gasteiger partial charge is 0.378 e. The lowest BCUT2D eigenvalue weighted by molar-refractivity contribution is -0.123. The number of hydrogen-bond donors (Lipinski definition) is 2. The average molecular weight is 282 g/mol. The first-order chi connectivity index (χ1) is 9.74. The molecule has 0 aromatic carbocycles. The number of carbonyl (C=O) groups is 1. The summed E-state index contributed by atoms with van der Waals surface area (Å²) in [6, 6.07) is 0. The zero-order valence-electron chi connectivity index (χ0n) is 12.8. The van der Waals surface area contributed by atoms with Crippen LogP contribution in [0.4, 0.5) is 0 Å². The van der Waals surface area contributed by atoms with Crippen molar-refractivity contribution in [2.24, 2.45) is 11.8 Å². The minimum absolute atomic E-state index is 0.151. The highest BCUT2D eigenvalue weighted by atomic mass is 16.5. The van der Waals surface area contributed by atoms with Crippen LogP contribution in [0.2, 0.25) is 0 Å². The fourth-order valence-electron chi connectivity index (χ4n) is 3.16. The zero-order valence-corrected chi connectivity index (χ0v) is 12.8. The first-order valence-corrected chi connectivity index (χ1v) is 8.33. The molecule has 0 aromatic heterocycles. The predicted molar refractivity (Wildman–Crippen MR) is 80.6 cm³/mol. The Labute approximate surface area is 123 Å². The van der Waals surface area contributed by atoms with Gasteiger partial charge in [0.1, 0.15) is 0 Å². The van der Waals surface area contributed by atoms with Crippen LogP contribution in [0.1, 0.15) is 51.9 Å². The molecule has 2 N–H and O–H groups in total. The minimum Gasteiger partial charge on any atom is -0.378 e. The van der Waals surface area contributed by atoms with Crippen LogP contribution < -0.4 is 10.6 Å². The lowest BCUT2D eigenvalue weighted by atomic mass is 9.83. The van der Waals surface area contributed by atoms with Gasteiger partial charge in [-0.05, 0) is 50.6 Å². The van der Waals surface area contributed by atoms with Gasteiger partial charge in [-0.1, -0.05) is 19.8 Å². The van der Waals surface area contributed by atoms with E-state index in [4.69, 9.17) is 4.74 Å². The highest BCUT2D eigenvalue weighted by molar-refractivity contribution is 5.75. The van der Waals surface area contributed by atoms with Gasteiger partial charge >= 0.3 is 0 Å². The first kappa shape index (κ1) is 15.8. The van der Waals surface area contributed by atoms with Gasteiger partial charge in [0.2, 0.25) is 5.91 Å². The van der Waals surface area contributed by atoms with E-state index in [1.165, 1.54) is 25.7 Å². The van der Waals surface area contributed by atoms with Crippen LogP contribution in [0, 0.1) is 11.8 Å². The molecule has 1 heterocycles. The number of ether oxygens (including phenoxy) is 1. The van der Waals surface area contributed by atoms with Gasteiger partial charge in [-0.2, -0.15) is 0 Å². The van der Waals surface area contributed by atoms with E-state index >= 15 is 0 Å². The molecule has 1 aliphatic heterocycles. The second-order valence-corrected chi connectivity index (χ2v) is 6.50. The minimum atomic E-state index is 0.151. The Balaban J connectivity index is 1.49. The van der Waals surface area contributed by atoms with E-state index < -0.39 is 0 Å². The fraction of sp³-hybridized carbons (Fsp3) is 0.938. The molecule has 1 saturated heterocycles. The van der Waals surface area contributed by atoms with E-state index in [0.29, 0.717) is 25.0 Å². The average Bonchev–Trinajstić information content (AvgIpc) is 2.48. The van der Waals surface area contributed by atoms with Crippen molar-refractivity contribution in [3.63, 3.8) is 0 Å². The van der Waals surface area contributed by atoms with Gasteiger partial charge in [0.25, 0.3) is 0 Å². The van der Waals surface area contributed by atoms with Crippen molar-refractivity contribution in [3.8, 4) is 0 Å². The first-order valence-electron chi connectivity index (χ1n) is 8.33. The lowest BCUT2D eigenvalue weighted by Crippen LogP contribution is -2.34. The van der Waals surface area contributed by atoms with Crippen molar-refractivity contribution in [1.82, 2.24) is 10.6 Å². The maximum atomic E-state index is 11.8. The maximum absolute atomic E-state index is 11.8. The van der Waals surface area contributed by atoms with E-state index in [2.05, 4.69) is 17.6 Å². The summed E-state index contributed by atoms with van der Waals surface area (Å²) >= 11 is 0. The molecule has 0 atom stereocenters. The Bertz CT molecular complexity index is 282. The van der Waals surface area contributed by atoms with Gasteiger partial charge in [0.15, 0.2) is 0 Å². The molecule has 2 fully saturated rings. The molecule has 4 nitrogen and oxygen atoms in total. The van der Waals surface area contributed by atoms with Crippen LogP contribution in [-0.2, 0) is 9.53 Å². The fourth-order valence-corrected chi connectivity index (χ4v) is 3.16. The molecule has 2 aliphatic rings. The van der Waals surface area contributed by atoms with Crippen molar-refractivity contribution >= 4 is 5.91 Å². The van der Waals surface area contributed by atoms with Crippen LogP contribution in [0.15, 0.2) is 0 Å². The Kier molecular flexibility index (Phi) is 6.80.